The molecule has 2 heterocycles. The van der Waals surface area contributed by atoms with Crippen molar-refractivity contribution in [3.05, 3.63) is 59.1 Å². The highest BCUT2D eigenvalue weighted by Gasteiger charge is 2.13. The lowest BCUT2D eigenvalue weighted by atomic mass is 10.0. The Balaban J connectivity index is 2.17. The summed E-state index contributed by atoms with van der Waals surface area (Å²) in [5.41, 5.74) is 4.04. The Morgan fingerprint density at radius 2 is 1.77 bits per heavy atom. The highest BCUT2D eigenvalue weighted by molar-refractivity contribution is 6.35. The van der Waals surface area contributed by atoms with Gasteiger partial charge in [-0.15, -0.1) is 0 Å². The largest absolute Gasteiger partial charge is 0.350 e. The second-order valence-electron chi connectivity index (χ2n) is 5.23. The Morgan fingerprint density at radius 3 is 2.55 bits per heavy atom. The normalized spacial score (nSPS) is 11.4. The first-order valence-electron chi connectivity index (χ1n) is 6.78. The first-order valence-corrected chi connectivity index (χ1v) is 7.53. The number of fused-ring (bicyclic) bond motifs is 3. The van der Waals surface area contributed by atoms with Crippen LogP contribution in [0.1, 0.15) is 0 Å². The summed E-state index contributed by atoms with van der Waals surface area (Å²) >= 11 is 12.3. The molecule has 2 aromatic heterocycles. The van der Waals surface area contributed by atoms with E-state index in [1.165, 1.54) is 0 Å². The van der Waals surface area contributed by atoms with Crippen molar-refractivity contribution >= 4 is 45.0 Å². The van der Waals surface area contributed by atoms with Gasteiger partial charge in [0.05, 0.1) is 11.0 Å². The van der Waals surface area contributed by atoms with Crippen molar-refractivity contribution in [3.8, 4) is 11.1 Å². The van der Waals surface area contributed by atoms with Crippen molar-refractivity contribution in [1.82, 2.24) is 14.5 Å². The molecular formula is C17H11Cl2N3. The van der Waals surface area contributed by atoms with Crippen LogP contribution in [0.5, 0.6) is 0 Å². The zero-order valence-corrected chi connectivity index (χ0v) is 13.2. The van der Waals surface area contributed by atoms with E-state index in [0.29, 0.717) is 10.0 Å². The maximum atomic E-state index is 6.17. The van der Waals surface area contributed by atoms with Gasteiger partial charge in [0.15, 0.2) is 0 Å². The van der Waals surface area contributed by atoms with Crippen LogP contribution in [0.3, 0.4) is 0 Å². The number of hydrogen-bond donors (Lipinski definition) is 0. The molecule has 4 aromatic rings. The lowest BCUT2D eigenvalue weighted by Gasteiger charge is -2.10. The molecule has 0 spiro atoms. The van der Waals surface area contributed by atoms with Crippen molar-refractivity contribution in [2.24, 2.45) is 7.05 Å². The number of aryl methyl sites for hydroxylation is 1. The molecule has 0 aliphatic carbocycles. The molecule has 22 heavy (non-hydrogen) atoms. The van der Waals surface area contributed by atoms with Crippen LogP contribution in [0.4, 0.5) is 0 Å². The van der Waals surface area contributed by atoms with E-state index in [2.05, 4.69) is 26.7 Å². The molecule has 0 bridgehead atoms. The summed E-state index contributed by atoms with van der Waals surface area (Å²) in [4.78, 5) is 8.53. The molecule has 5 heteroatoms. The molecule has 0 saturated carbocycles. The summed E-state index contributed by atoms with van der Waals surface area (Å²) in [5, 5.41) is 3.39. The van der Waals surface area contributed by atoms with Gasteiger partial charge in [-0.05, 0) is 35.9 Å². The van der Waals surface area contributed by atoms with Crippen molar-refractivity contribution in [1.29, 1.82) is 0 Å². The van der Waals surface area contributed by atoms with Crippen LogP contribution < -0.4 is 0 Å². The number of rotatable bonds is 1. The van der Waals surface area contributed by atoms with Crippen molar-refractivity contribution < 1.29 is 0 Å². The van der Waals surface area contributed by atoms with E-state index in [4.69, 9.17) is 23.2 Å². The Morgan fingerprint density at radius 1 is 1.00 bits per heavy atom. The number of halogens is 2. The van der Waals surface area contributed by atoms with Gasteiger partial charge in [-0.3, -0.25) is 0 Å². The molecule has 0 radical (unpaired) electrons. The third-order valence-electron chi connectivity index (χ3n) is 3.82. The molecular weight excluding hydrogens is 317 g/mol. The standard InChI is InChI=1S/C17H11Cl2N3/c1-22-3-2-13-15-8-20-9-21-16(15)7-14(17(13)22)10-4-11(18)6-12(19)5-10/h2-9H,1H3. The molecule has 0 N–H and O–H groups in total. The minimum atomic E-state index is 0.618. The van der Waals surface area contributed by atoms with Crippen LogP contribution in [0.15, 0.2) is 49.1 Å². The minimum Gasteiger partial charge on any atom is -0.350 e. The third-order valence-corrected chi connectivity index (χ3v) is 4.25. The van der Waals surface area contributed by atoms with E-state index < -0.39 is 0 Å². The van der Waals surface area contributed by atoms with Gasteiger partial charge in [0.1, 0.15) is 6.33 Å². The molecule has 2 aromatic carbocycles. The number of benzene rings is 2. The quantitative estimate of drug-likeness (QED) is 0.487. The van der Waals surface area contributed by atoms with E-state index in [-0.39, 0.29) is 0 Å². The van der Waals surface area contributed by atoms with E-state index >= 15 is 0 Å². The Kier molecular flexibility index (Phi) is 3.06. The molecule has 0 atom stereocenters. The molecule has 0 aliphatic heterocycles. The first kappa shape index (κ1) is 13.6. The van der Waals surface area contributed by atoms with E-state index in [1.807, 2.05) is 31.6 Å². The second-order valence-corrected chi connectivity index (χ2v) is 6.10. The fraction of sp³-hybridized carbons (Fsp3) is 0.0588. The highest BCUT2D eigenvalue weighted by Crippen LogP contribution is 2.36. The van der Waals surface area contributed by atoms with Crippen LogP contribution in [-0.4, -0.2) is 14.5 Å². The summed E-state index contributed by atoms with van der Waals surface area (Å²) in [5.74, 6) is 0. The Hall–Kier alpha value is -2.10. The molecule has 3 nitrogen and oxygen atoms in total. The Bertz CT molecular complexity index is 1000. The summed E-state index contributed by atoms with van der Waals surface area (Å²) < 4.78 is 2.09. The number of hydrogen-bond acceptors (Lipinski definition) is 2. The SMILES string of the molecule is Cn1ccc2c3cncnc3cc(-c3cc(Cl)cc(Cl)c3)c21. The number of aromatic nitrogens is 3. The monoisotopic (exact) mass is 327 g/mol. The highest BCUT2D eigenvalue weighted by atomic mass is 35.5. The van der Waals surface area contributed by atoms with Gasteiger partial charge >= 0.3 is 0 Å². The lowest BCUT2D eigenvalue weighted by molar-refractivity contribution is 0.970. The predicted molar refractivity (Wildman–Crippen MR) is 91.5 cm³/mol. The summed E-state index contributed by atoms with van der Waals surface area (Å²) in [6.45, 7) is 0. The molecule has 0 unspecified atom stereocenters. The topological polar surface area (TPSA) is 30.7 Å². The minimum absolute atomic E-state index is 0.618. The average Bonchev–Trinajstić information content (AvgIpc) is 2.88. The van der Waals surface area contributed by atoms with Crippen molar-refractivity contribution in [2.75, 3.05) is 0 Å². The smallest absolute Gasteiger partial charge is 0.116 e. The zero-order valence-electron chi connectivity index (χ0n) is 11.7. The zero-order chi connectivity index (χ0) is 15.3. The van der Waals surface area contributed by atoms with E-state index in [0.717, 1.165) is 32.9 Å². The first-order chi connectivity index (χ1) is 10.6. The summed E-state index contributed by atoms with van der Waals surface area (Å²) in [6, 6.07) is 9.71. The van der Waals surface area contributed by atoms with E-state index in [1.54, 1.807) is 12.4 Å². The summed E-state index contributed by atoms with van der Waals surface area (Å²) in [7, 11) is 2.02. The predicted octanol–water partition coefficient (Wildman–Crippen LogP) is 5.10. The van der Waals surface area contributed by atoms with Gasteiger partial charge in [0.2, 0.25) is 0 Å². The fourth-order valence-electron chi connectivity index (χ4n) is 2.88. The van der Waals surface area contributed by atoms with Crippen LogP contribution in [-0.2, 0) is 7.05 Å². The average molecular weight is 328 g/mol. The molecule has 0 aliphatic rings. The van der Waals surface area contributed by atoms with Crippen molar-refractivity contribution in [3.63, 3.8) is 0 Å². The molecule has 108 valence electrons. The van der Waals surface area contributed by atoms with Crippen LogP contribution in [0.2, 0.25) is 10.0 Å². The lowest BCUT2D eigenvalue weighted by Crippen LogP contribution is -1.91. The molecule has 0 fully saturated rings. The Labute approximate surface area is 137 Å². The van der Waals surface area contributed by atoms with Crippen LogP contribution in [0, 0.1) is 0 Å². The van der Waals surface area contributed by atoms with Gasteiger partial charge in [-0.1, -0.05) is 23.2 Å². The summed E-state index contributed by atoms with van der Waals surface area (Å²) in [6.07, 6.45) is 5.44. The van der Waals surface area contributed by atoms with Gasteiger partial charge < -0.3 is 4.57 Å². The van der Waals surface area contributed by atoms with Crippen LogP contribution in [0.25, 0.3) is 32.9 Å². The van der Waals surface area contributed by atoms with Crippen LogP contribution >= 0.6 is 23.2 Å². The maximum Gasteiger partial charge on any atom is 0.116 e. The molecule has 0 amide bonds. The molecule has 0 saturated heterocycles. The third kappa shape index (κ3) is 2.05. The van der Waals surface area contributed by atoms with Gasteiger partial charge in [-0.2, -0.15) is 0 Å². The number of nitrogens with zero attached hydrogens (tertiary/aromatic N) is 3. The van der Waals surface area contributed by atoms with Gasteiger partial charge in [0, 0.05) is 45.8 Å². The second kappa shape index (κ2) is 4.97. The van der Waals surface area contributed by atoms with Gasteiger partial charge in [-0.25, -0.2) is 9.97 Å². The maximum absolute atomic E-state index is 6.17. The van der Waals surface area contributed by atoms with Gasteiger partial charge in [0.25, 0.3) is 0 Å². The molecule has 4 rings (SSSR count). The van der Waals surface area contributed by atoms with E-state index in [9.17, 15) is 0 Å². The van der Waals surface area contributed by atoms with Crippen molar-refractivity contribution in [2.45, 2.75) is 0 Å². The fourth-order valence-corrected chi connectivity index (χ4v) is 3.40.